The fourth-order valence-corrected chi connectivity index (χ4v) is 2.80. The fourth-order valence-electron chi connectivity index (χ4n) is 2.80. The van der Waals surface area contributed by atoms with Crippen molar-refractivity contribution in [3.8, 4) is 17.1 Å². The molecule has 0 fully saturated rings. The second-order valence-electron chi connectivity index (χ2n) is 6.15. The summed E-state index contributed by atoms with van der Waals surface area (Å²) in [7, 11) is 3.77. The molecule has 0 spiro atoms. The maximum Gasteiger partial charge on any atom is 0.268 e. The number of hydrogen-bond donors (Lipinski definition) is 0. The number of allylic oxidation sites excluding steroid dienone is 1. The third kappa shape index (κ3) is 3.11. The molecular weight excluding hydrogens is 310 g/mol. The van der Waals surface area contributed by atoms with Crippen molar-refractivity contribution in [2.75, 3.05) is 19.0 Å². The molecule has 1 aromatic heterocycles. The van der Waals surface area contributed by atoms with E-state index >= 15 is 0 Å². The number of benzene rings is 2. The summed E-state index contributed by atoms with van der Waals surface area (Å²) in [6.45, 7) is 5.82. The van der Waals surface area contributed by atoms with E-state index in [1.807, 2.05) is 86.6 Å². The van der Waals surface area contributed by atoms with Crippen molar-refractivity contribution in [3.05, 3.63) is 83.2 Å². The van der Waals surface area contributed by atoms with Gasteiger partial charge in [-0.3, -0.25) is 9.36 Å². The van der Waals surface area contributed by atoms with Gasteiger partial charge in [-0.25, -0.2) is 4.98 Å². The molecule has 0 amide bonds. The lowest BCUT2D eigenvalue weighted by Gasteiger charge is -2.21. The number of rotatable bonds is 4. The van der Waals surface area contributed by atoms with Crippen LogP contribution in [0.15, 0.2) is 72.0 Å². The lowest BCUT2D eigenvalue weighted by molar-refractivity contribution is 0.918. The minimum absolute atomic E-state index is 0.115. The zero-order valence-electron chi connectivity index (χ0n) is 14.7. The first-order valence-corrected chi connectivity index (χ1v) is 8.12. The molecule has 0 N–H and O–H groups in total. The highest BCUT2D eigenvalue weighted by molar-refractivity contribution is 5.74. The maximum absolute atomic E-state index is 13.4. The van der Waals surface area contributed by atoms with Crippen molar-refractivity contribution in [2.24, 2.45) is 0 Å². The molecule has 2 aromatic carbocycles. The Kier molecular flexibility index (Phi) is 4.52. The maximum atomic E-state index is 13.4. The van der Waals surface area contributed by atoms with E-state index in [0.29, 0.717) is 22.8 Å². The number of hydrogen-bond acceptors (Lipinski definition) is 3. The van der Waals surface area contributed by atoms with Gasteiger partial charge in [0.2, 0.25) is 0 Å². The fraction of sp³-hybridized carbons (Fsp3) is 0.143. The zero-order valence-corrected chi connectivity index (χ0v) is 14.7. The molecule has 0 aliphatic carbocycles. The van der Waals surface area contributed by atoms with Crippen LogP contribution in [-0.2, 0) is 0 Å². The third-order valence-corrected chi connectivity index (χ3v) is 3.96. The average molecular weight is 331 g/mol. The molecule has 0 atom stereocenters. The van der Waals surface area contributed by atoms with E-state index in [4.69, 9.17) is 4.98 Å². The predicted molar refractivity (Wildman–Crippen MR) is 104 cm³/mol. The van der Waals surface area contributed by atoms with Crippen molar-refractivity contribution in [3.63, 3.8) is 0 Å². The summed E-state index contributed by atoms with van der Waals surface area (Å²) in [4.78, 5) is 20.0. The summed E-state index contributed by atoms with van der Waals surface area (Å²) in [5.74, 6) is 1.24. The van der Waals surface area contributed by atoms with Crippen LogP contribution in [0.2, 0.25) is 0 Å². The van der Waals surface area contributed by atoms with Gasteiger partial charge >= 0.3 is 0 Å². The van der Waals surface area contributed by atoms with Gasteiger partial charge in [0, 0.05) is 19.7 Å². The Morgan fingerprint density at radius 1 is 1.00 bits per heavy atom. The summed E-state index contributed by atoms with van der Waals surface area (Å²) in [6, 6.07) is 19.3. The van der Waals surface area contributed by atoms with Crippen LogP contribution in [0.25, 0.3) is 22.6 Å². The average Bonchev–Trinajstić information content (AvgIpc) is 2.61. The van der Waals surface area contributed by atoms with Crippen LogP contribution < -0.4 is 10.5 Å². The Hall–Kier alpha value is -3.14. The molecule has 0 bridgehead atoms. The first-order chi connectivity index (χ1) is 12.0. The van der Waals surface area contributed by atoms with Crippen molar-refractivity contribution < 1.29 is 0 Å². The van der Waals surface area contributed by atoms with Crippen LogP contribution in [0.5, 0.6) is 0 Å². The molecule has 0 aliphatic rings. The van der Waals surface area contributed by atoms with E-state index in [-0.39, 0.29) is 5.56 Å². The summed E-state index contributed by atoms with van der Waals surface area (Å²) in [5, 5.41) is 0. The highest BCUT2D eigenvalue weighted by Gasteiger charge is 2.20. The first-order valence-electron chi connectivity index (χ1n) is 8.12. The Morgan fingerprint density at radius 2 is 1.56 bits per heavy atom. The van der Waals surface area contributed by atoms with Crippen LogP contribution >= 0.6 is 0 Å². The molecule has 3 rings (SSSR count). The molecule has 25 heavy (non-hydrogen) atoms. The van der Waals surface area contributed by atoms with E-state index < -0.39 is 0 Å². The van der Waals surface area contributed by atoms with Gasteiger partial charge in [0.1, 0.15) is 11.6 Å². The normalized spacial score (nSPS) is 10.5. The molecule has 1 heterocycles. The molecule has 0 unspecified atom stereocenters. The van der Waals surface area contributed by atoms with Gasteiger partial charge in [0.25, 0.3) is 5.56 Å². The van der Waals surface area contributed by atoms with Crippen LogP contribution in [0.1, 0.15) is 12.5 Å². The van der Waals surface area contributed by atoms with Crippen molar-refractivity contribution in [1.29, 1.82) is 0 Å². The standard InChI is InChI=1S/C21H21N3O/c1-15(2)18-20(23(3)4)22-19(16-11-7-5-8-12-16)24(21(18)25)17-13-9-6-10-14-17/h5-14H,1H2,2-4H3. The molecular formula is C21H21N3O. The molecule has 4 nitrogen and oxygen atoms in total. The second kappa shape index (κ2) is 6.77. The SMILES string of the molecule is C=C(C)c1c(N(C)C)nc(-c2ccccc2)n(-c2ccccc2)c1=O. The van der Waals surface area contributed by atoms with Gasteiger partial charge < -0.3 is 4.90 Å². The predicted octanol–water partition coefficient (Wildman–Crippen LogP) is 4.00. The van der Waals surface area contributed by atoms with Gasteiger partial charge in [0.05, 0.1) is 11.3 Å². The van der Waals surface area contributed by atoms with Gasteiger partial charge in [-0.1, -0.05) is 55.1 Å². The second-order valence-corrected chi connectivity index (χ2v) is 6.15. The minimum Gasteiger partial charge on any atom is -0.362 e. The number of anilines is 1. The summed E-state index contributed by atoms with van der Waals surface area (Å²) in [6.07, 6.45) is 0. The van der Waals surface area contributed by atoms with E-state index in [9.17, 15) is 4.79 Å². The summed E-state index contributed by atoms with van der Waals surface area (Å²) < 4.78 is 1.66. The Morgan fingerprint density at radius 3 is 2.08 bits per heavy atom. The molecule has 0 aliphatic heterocycles. The largest absolute Gasteiger partial charge is 0.362 e. The van der Waals surface area contributed by atoms with Crippen molar-refractivity contribution >= 4 is 11.4 Å². The van der Waals surface area contributed by atoms with Gasteiger partial charge in [0.15, 0.2) is 0 Å². The van der Waals surface area contributed by atoms with E-state index in [2.05, 4.69) is 6.58 Å². The van der Waals surface area contributed by atoms with Gasteiger partial charge in [-0.2, -0.15) is 0 Å². The van der Waals surface area contributed by atoms with Crippen LogP contribution in [0, 0.1) is 0 Å². The molecule has 126 valence electrons. The monoisotopic (exact) mass is 331 g/mol. The van der Waals surface area contributed by atoms with E-state index in [0.717, 1.165) is 11.3 Å². The zero-order chi connectivity index (χ0) is 18.0. The van der Waals surface area contributed by atoms with Gasteiger partial charge in [-0.15, -0.1) is 0 Å². The van der Waals surface area contributed by atoms with Crippen LogP contribution in [0.4, 0.5) is 5.82 Å². The van der Waals surface area contributed by atoms with E-state index in [1.165, 1.54) is 0 Å². The Bertz CT molecular complexity index is 958. The van der Waals surface area contributed by atoms with Gasteiger partial charge in [-0.05, 0) is 24.6 Å². The number of para-hydroxylation sites is 1. The molecule has 0 saturated heterocycles. The number of aromatic nitrogens is 2. The molecule has 4 heteroatoms. The lowest BCUT2D eigenvalue weighted by atomic mass is 10.1. The Labute approximate surface area is 147 Å². The molecule has 0 saturated carbocycles. The summed E-state index contributed by atoms with van der Waals surface area (Å²) >= 11 is 0. The molecule has 3 aromatic rings. The van der Waals surface area contributed by atoms with Crippen molar-refractivity contribution in [2.45, 2.75) is 6.92 Å². The van der Waals surface area contributed by atoms with E-state index in [1.54, 1.807) is 4.57 Å². The lowest BCUT2D eigenvalue weighted by Crippen LogP contribution is -2.28. The minimum atomic E-state index is -0.115. The number of nitrogens with zero attached hydrogens (tertiary/aromatic N) is 3. The quantitative estimate of drug-likeness (QED) is 0.725. The Balaban J connectivity index is 2.45. The third-order valence-electron chi connectivity index (χ3n) is 3.96. The topological polar surface area (TPSA) is 38.1 Å². The highest BCUT2D eigenvalue weighted by Crippen LogP contribution is 2.26. The van der Waals surface area contributed by atoms with Crippen LogP contribution in [0.3, 0.4) is 0 Å². The van der Waals surface area contributed by atoms with Crippen molar-refractivity contribution in [1.82, 2.24) is 9.55 Å². The highest BCUT2D eigenvalue weighted by atomic mass is 16.1. The smallest absolute Gasteiger partial charge is 0.268 e. The molecule has 0 radical (unpaired) electrons. The van der Waals surface area contributed by atoms with Crippen LogP contribution in [-0.4, -0.2) is 23.6 Å². The first kappa shape index (κ1) is 16.7. The summed E-state index contributed by atoms with van der Waals surface area (Å²) in [5.41, 5.74) is 2.79.